The van der Waals surface area contributed by atoms with E-state index >= 15 is 0 Å². The van der Waals surface area contributed by atoms with E-state index in [2.05, 4.69) is 6.92 Å². The summed E-state index contributed by atoms with van der Waals surface area (Å²) in [5.74, 6) is 0. The molecule has 0 aliphatic rings. The van der Waals surface area contributed by atoms with E-state index in [0.29, 0.717) is 4.90 Å². The van der Waals surface area contributed by atoms with E-state index in [1.807, 2.05) is 32.0 Å². The lowest BCUT2D eigenvalue weighted by molar-refractivity contribution is 0.360. The molecule has 0 N–H and O–H groups in total. The fraction of sp³-hybridized carbons (Fsp3) is 0.533. The van der Waals surface area contributed by atoms with Crippen molar-refractivity contribution in [2.45, 2.75) is 51.0 Å². The number of rotatable bonds is 7. The van der Waals surface area contributed by atoms with Gasteiger partial charge < -0.3 is 0 Å². The third-order valence-corrected chi connectivity index (χ3v) is 5.18. The lowest BCUT2D eigenvalue weighted by atomic mass is 10.1. The van der Waals surface area contributed by atoms with Gasteiger partial charge in [-0.1, -0.05) is 25.5 Å². The van der Waals surface area contributed by atoms with Crippen LogP contribution in [0.15, 0.2) is 29.2 Å². The Kier molecular flexibility index (Phi) is 6.18. The molecule has 0 aromatic heterocycles. The van der Waals surface area contributed by atoms with Crippen LogP contribution in [0.5, 0.6) is 0 Å². The zero-order chi connectivity index (χ0) is 15.2. The number of nitrogens with zero attached hydrogens (tertiary/aromatic N) is 2. The lowest BCUT2D eigenvalue weighted by Crippen LogP contribution is -2.37. The average molecular weight is 294 g/mol. The van der Waals surface area contributed by atoms with Gasteiger partial charge in [-0.15, -0.1) is 0 Å². The highest BCUT2D eigenvalue weighted by Gasteiger charge is 2.26. The predicted molar refractivity (Wildman–Crippen MR) is 79.7 cm³/mol. The van der Waals surface area contributed by atoms with Crippen LogP contribution in [0.1, 0.15) is 39.2 Å². The van der Waals surface area contributed by atoms with Crippen molar-refractivity contribution < 1.29 is 8.42 Å². The van der Waals surface area contributed by atoms with Gasteiger partial charge in [-0.05, 0) is 38.0 Å². The van der Waals surface area contributed by atoms with Crippen LogP contribution >= 0.6 is 0 Å². The molecule has 0 atom stereocenters. The Labute approximate surface area is 122 Å². The lowest BCUT2D eigenvalue weighted by Gasteiger charge is -2.25. The van der Waals surface area contributed by atoms with Gasteiger partial charge in [0.1, 0.15) is 0 Å². The molecule has 1 aromatic carbocycles. The first-order chi connectivity index (χ1) is 9.43. The van der Waals surface area contributed by atoms with Crippen LogP contribution in [0, 0.1) is 11.3 Å². The molecule has 4 nitrogen and oxygen atoms in total. The normalized spacial score (nSPS) is 11.8. The number of hydrogen-bond donors (Lipinski definition) is 0. The summed E-state index contributed by atoms with van der Waals surface area (Å²) in [5.41, 5.74) is 1.14. The molecule has 0 bridgehead atoms. The zero-order valence-electron chi connectivity index (χ0n) is 12.3. The molecule has 0 spiro atoms. The second-order valence-corrected chi connectivity index (χ2v) is 6.90. The average Bonchev–Trinajstić information content (AvgIpc) is 2.39. The molecule has 0 radical (unpaired) electrons. The fourth-order valence-electron chi connectivity index (χ4n) is 2.07. The van der Waals surface area contributed by atoms with Crippen LogP contribution in [0.2, 0.25) is 0 Å². The Morgan fingerprint density at radius 1 is 1.25 bits per heavy atom. The van der Waals surface area contributed by atoms with E-state index in [4.69, 9.17) is 5.26 Å². The molecule has 5 heteroatoms. The number of benzene rings is 1. The Hall–Kier alpha value is -1.38. The number of hydrogen-bond acceptors (Lipinski definition) is 3. The van der Waals surface area contributed by atoms with Gasteiger partial charge in [0.2, 0.25) is 10.0 Å². The maximum absolute atomic E-state index is 12.6. The summed E-state index contributed by atoms with van der Waals surface area (Å²) in [5, 5.41) is 8.66. The molecule has 0 aliphatic heterocycles. The third kappa shape index (κ3) is 4.06. The van der Waals surface area contributed by atoms with Gasteiger partial charge in [0.15, 0.2) is 0 Å². The van der Waals surface area contributed by atoms with Crippen molar-refractivity contribution in [2.75, 3.05) is 6.54 Å². The molecule has 20 heavy (non-hydrogen) atoms. The standard InChI is InChI=1S/C15H22N2O2S/c1-4-6-14-7-9-15(10-8-14)20(18,19)17(13(2)3)12-5-11-16/h7-10,13H,4-6,12H2,1-3H3. The van der Waals surface area contributed by atoms with Gasteiger partial charge >= 0.3 is 0 Å². The highest BCUT2D eigenvalue weighted by Crippen LogP contribution is 2.19. The van der Waals surface area contributed by atoms with E-state index in [1.165, 1.54) is 4.31 Å². The molecule has 0 saturated heterocycles. The van der Waals surface area contributed by atoms with E-state index in [0.717, 1.165) is 18.4 Å². The minimum absolute atomic E-state index is 0.163. The molecule has 1 rings (SSSR count). The first-order valence-corrected chi connectivity index (χ1v) is 8.35. The summed E-state index contributed by atoms with van der Waals surface area (Å²) >= 11 is 0. The van der Waals surface area contributed by atoms with Crippen molar-refractivity contribution in [1.82, 2.24) is 4.31 Å². The smallest absolute Gasteiger partial charge is 0.207 e. The van der Waals surface area contributed by atoms with Crippen LogP contribution in [0.25, 0.3) is 0 Å². The highest BCUT2D eigenvalue weighted by atomic mass is 32.2. The van der Waals surface area contributed by atoms with Crippen molar-refractivity contribution in [3.05, 3.63) is 29.8 Å². The van der Waals surface area contributed by atoms with Crippen molar-refractivity contribution >= 4 is 10.0 Å². The van der Waals surface area contributed by atoms with E-state index in [1.54, 1.807) is 12.1 Å². The predicted octanol–water partition coefficient (Wildman–Crippen LogP) is 2.95. The first-order valence-electron chi connectivity index (χ1n) is 6.91. The quantitative estimate of drug-likeness (QED) is 0.776. The molecule has 110 valence electrons. The van der Waals surface area contributed by atoms with E-state index in [9.17, 15) is 8.42 Å². The number of sulfonamides is 1. The van der Waals surface area contributed by atoms with Crippen LogP contribution in [0.4, 0.5) is 0 Å². The summed E-state index contributed by atoms with van der Waals surface area (Å²) in [7, 11) is -3.52. The van der Waals surface area contributed by atoms with Crippen molar-refractivity contribution in [3.8, 4) is 6.07 Å². The monoisotopic (exact) mass is 294 g/mol. The molecular formula is C15H22N2O2S. The zero-order valence-corrected chi connectivity index (χ0v) is 13.2. The molecule has 0 aliphatic carbocycles. The van der Waals surface area contributed by atoms with Crippen LogP contribution < -0.4 is 0 Å². The van der Waals surface area contributed by atoms with Gasteiger partial charge in [0.25, 0.3) is 0 Å². The van der Waals surface area contributed by atoms with Gasteiger partial charge in [-0.25, -0.2) is 8.42 Å². The van der Waals surface area contributed by atoms with Crippen LogP contribution in [-0.4, -0.2) is 25.3 Å². The Morgan fingerprint density at radius 3 is 2.30 bits per heavy atom. The summed E-state index contributed by atoms with van der Waals surface area (Å²) in [6.45, 7) is 5.96. The Morgan fingerprint density at radius 2 is 1.85 bits per heavy atom. The fourth-order valence-corrected chi connectivity index (χ4v) is 3.71. The minimum Gasteiger partial charge on any atom is -0.207 e. The van der Waals surface area contributed by atoms with Crippen LogP contribution in [-0.2, 0) is 16.4 Å². The first kappa shape index (κ1) is 16.7. The summed E-state index contributed by atoms with van der Waals surface area (Å²) in [6, 6.07) is 8.86. The molecular weight excluding hydrogens is 272 g/mol. The van der Waals surface area contributed by atoms with Gasteiger partial charge in [-0.2, -0.15) is 9.57 Å². The summed E-state index contributed by atoms with van der Waals surface area (Å²) in [6.07, 6.45) is 2.18. The summed E-state index contributed by atoms with van der Waals surface area (Å²) < 4.78 is 26.5. The van der Waals surface area contributed by atoms with Crippen molar-refractivity contribution in [2.24, 2.45) is 0 Å². The second kappa shape index (κ2) is 7.41. The molecule has 0 amide bonds. The third-order valence-electron chi connectivity index (χ3n) is 3.09. The molecule has 0 saturated carbocycles. The highest BCUT2D eigenvalue weighted by molar-refractivity contribution is 7.89. The molecule has 0 heterocycles. The minimum atomic E-state index is -3.52. The second-order valence-electron chi connectivity index (χ2n) is 5.01. The van der Waals surface area contributed by atoms with Gasteiger partial charge in [-0.3, -0.25) is 0 Å². The van der Waals surface area contributed by atoms with Crippen LogP contribution in [0.3, 0.4) is 0 Å². The molecule has 0 unspecified atom stereocenters. The Bertz CT molecular complexity index is 557. The molecule has 0 fully saturated rings. The van der Waals surface area contributed by atoms with Crippen molar-refractivity contribution in [1.29, 1.82) is 5.26 Å². The van der Waals surface area contributed by atoms with E-state index in [-0.39, 0.29) is 19.0 Å². The van der Waals surface area contributed by atoms with Gasteiger partial charge in [0, 0.05) is 19.0 Å². The summed E-state index contributed by atoms with van der Waals surface area (Å²) in [4.78, 5) is 0.295. The maximum Gasteiger partial charge on any atom is 0.243 e. The molecule has 1 aromatic rings. The number of aryl methyl sites for hydroxylation is 1. The van der Waals surface area contributed by atoms with E-state index < -0.39 is 10.0 Å². The Balaban J connectivity index is 3.03. The topological polar surface area (TPSA) is 61.2 Å². The van der Waals surface area contributed by atoms with Crippen molar-refractivity contribution in [3.63, 3.8) is 0 Å². The number of nitriles is 1. The SMILES string of the molecule is CCCc1ccc(S(=O)(=O)N(CCC#N)C(C)C)cc1. The maximum atomic E-state index is 12.6. The largest absolute Gasteiger partial charge is 0.243 e. The van der Waals surface area contributed by atoms with Gasteiger partial charge in [0.05, 0.1) is 11.0 Å².